The van der Waals surface area contributed by atoms with Crippen molar-refractivity contribution in [3.8, 4) is 0 Å². The molecule has 1 aliphatic heterocycles. The summed E-state index contributed by atoms with van der Waals surface area (Å²) in [5.41, 5.74) is 0. The Morgan fingerprint density at radius 1 is 1.17 bits per heavy atom. The summed E-state index contributed by atoms with van der Waals surface area (Å²) in [4.78, 5) is 26.7. The lowest BCUT2D eigenvalue weighted by Crippen LogP contribution is -2.52. The average molecular weight is 443 g/mol. The van der Waals surface area contributed by atoms with Crippen LogP contribution in [0.25, 0.3) is 0 Å². The average Bonchev–Trinajstić information content (AvgIpc) is 3.16. The lowest BCUT2D eigenvalue weighted by molar-refractivity contribution is -0.139. The number of hydrogen-bond donors (Lipinski definition) is 1. The fourth-order valence-electron chi connectivity index (χ4n) is 3.91. The number of rotatable bonds is 7. The van der Waals surface area contributed by atoms with E-state index < -0.39 is 0 Å². The minimum Gasteiger partial charge on any atom is -0.465 e. The van der Waals surface area contributed by atoms with Crippen molar-refractivity contribution in [2.24, 2.45) is 5.92 Å². The van der Waals surface area contributed by atoms with Gasteiger partial charge in [-0.3, -0.25) is 10.1 Å². The number of anilines is 1. The summed E-state index contributed by atoms with van der Waals surface area (Å²) < 4.78 is 11.1. The molecule has 2 heterocycles. The predicted octanol–water partition coefficient (Wildman–Crippen LogP) is 3.78. The standard InChI is InChI=1S/C19H30N4O4S2/c1-3-27-16(24)12-28-19-22-21-17(29-19)20-18(25)23(15-8-10-26-11-9-15)14-6-4-13(2)5-7-14/h13-15H,3-12H2,1-2H3,(H,20,21,25). The van der Waals surface area contributed by atoms with Crippen LogP contribution in [0.3, 0.4) is 0 Å². The molecule has 1 aromatic heterocycles. The van der Waals surface area contributed by atoms with E-state index in [-0.39, 0.29) is 29.8 Å². The molecule has 10 heteroatoms. The summed E-state index contributed by atoms with van der Waals surface area (Å²) in [7, 11) is 0. The fourth-order valence-corrected chi connectivity index (χ4v) is 5.45. The number of carbonyl (C=O) groups excluding carboxylic acids is 2. The van der Waals surface area contributed by atoms with E-state index in [0.29, 0.717) is 29.3 Å². The van der Waals surface area contributed by atoms with Gasteiger partial charge in [0.1, 0.15) is 0 Å². The van der Waals surface area contributed by atoms with E-state index in [9.17, 15) is 9.59 Å². The van der Waals surface area contributed by atoms with Crippen molar-refractivity contribution in [2.75, 3.05) is 30.9 Å². The molecule has 0 unspecified atom stereocenters. The summed E-state index contributed by atoms with van der Waals surface area (Å²) in [6.07, 6.45) is 6.15. The zero-order chi connectivity index (χ0) is 20.6. The Kier molecular flexibility index (Phi) is 8.55. The number of ether oxygens (including phenoxy) is 2. The van der Waals surface area contributed by atoms with Crippen molar-refractivity contribution in [2.45, 2.75) is 68.8 Å². The monoisotopic (exact) mass is 442 g/mol. The summed E-state index contributed by atoms with van der Waals surface area (Å²) in [5, 5.41) is 11.5. The summed E-state index contributed by atoms with van der Waals surface area (Å²) in [6, 6.07) is 0.363. The van der Waals surface area contributed by atoms with Crippen LogP contribution in [-0.2, 0) is 14.3 Å². The maximum absolute atomic E-state index is 13.2. The van der Waals surface area contributed by atoms with E-state index >= 15 is 0 Å². The number of aromatic nitrogens is 2. The van der Waals surface area contributed by atoms with Crippen LogP contribution < -0.4 is 5.32 Å². The van der Waals surface area contributed by atoms with Gasteiger partial charge in [0.25, 0.3) is 0 Å². The Balaban J connectivity index is 1.61. The first-order valence-electron chi connectivity index (χ1n) is 10.4. The number of nitrogens with one attached hydrogen (secondary N) is 1. The van der Waals surface area contributed by atoms with E-state index in [1.165, 1.54) is 23.1 Å². The quantitative estimate of drug-likeness (QED) is 0.390. The Morgan fingerprint density at radius 2 is 1.86 bits per heavy atom. The molecular weight excluding hydrogens is 412 g/mol. The first kappa shape index (κ1) is 22.3. The Labute approximate surface area is 180 Å². The number of urea groups is 1. The summed E-state index contributed by atoms with van der Waals surface area (Å²) in [6.45, 7) is 5.82. The van der Waals surface area contributed by atoms with Crippen LogP contribution in [0, 0.1) is 5.92 Å². The predicted molar refractivity (Wildman–Crippen MR) is 113 cm³/mol. The topological polar surface area (TPSA) is 93.7 Å². The van der Waals surface area contributed by atoms with Gasteiger partial charge in [0.05, 0.1) is 12.4 Å². The fraction of sp³-hybridized carbons (Fsp3) is 0.789. The molecule has 1 aromatic rings. The molecular formula is C19H30N4O4S2. The maximum Gasteiger partial charge on any atom is 0.324 e. The number of esters is 1. The highest BCUT2D eigenvalue weighted by Gasteiger charge is 2.34. The Bertz CT molecular complexity index is 673. The van der Waals surface area contributed by atoms with Crippen LogP contribution in [0.4, 0.5) is 9.93 Å². The van der Waals surface area contributed by atoms with Gasteiger partial charge in [0.15, 0.2) is 4.34 Å². The molecule has 0 spiro atoms. The van der Waals surface area contributed by atoms with Gasteiger partial charge in [-0.15, -0.1) is 10.2 Å². The molecule has 1 aliphatic carbocycles. The molecule has 0 aromatic carbocycles. The molecule has 8 nitrogen and oxygen atoms in total. The van der Waals surface area contributed by atoms with Crippen molar-refractivity contribution in [3.05, 3.63) is 0 Å². The zero-order valence-corrected chi connectivity index (χ0v) is 18.7. The van der Waals surface area contributed by atoms with E-state index in [1.807, 2.05) is 4.90 Å². The summed E-state index contributed by atoms with van der Waals surface area (Å²) in [5.74, 6) is 0.633. The molecule has 0 atom stereocenters. The molecule has 162 valence electrons. The van der Waals surface area contributed by atoms with Crippen molar-refractivity contribution in [3.63, 3.8) is 0 Å². The first-order chi connectivity index (χ1) is 14.1. The molecule has 0 bridgehead atoms. The van der Waals surface area contributed by atoms with E-state index in [1.54, 1.807) is 6.92 Å². The van der Waals surface area contributed by atoms with Gasteiger partial charge >= 0.3 is 12.0 Å². The molecule has 0 radical (unpaired) electrons. The highest BCUT2D eigenvalue weighted by Crippen LogP contribution is 2.32. The highest BCUT2D eigenvalue weighted by molar-refractivity contribution is 8.01. The van der Waals surface area contributed by atoms with E-state index in [0.717, 1.165) is 44.4 Å². The van der Waals surface area contributed by atoms with E-state index in [4.69, 9.17) is 9.47 Å². The summed E-state index contributed by atoms with van der Waals surface area (Å²) >= 11 is 2.55. The molecule has 1 saturated heterocycles. The van der Waals surface area contributed by atoms with Gasteiger partial charge in [0, 0.05) is 25.3 Å². The SMILES string of the molecule is CCOC(=O)CSc1nnc(NC(=O)N(C2CCOCC2)C2CCC(C)CC2)s1. The molecule has 1 N–H and O–H groups in total. The second-order valence-electron chi connectivity index (χ2n) is 7.56. The van der Waals surface area contributed by atoms with E-state index in [2.05, 4.69) is 22.4 Å². The molecule has 1 saturated carbocycles. The Hall–Kier alpha value is -1.39. The van der Waals surface area contributed by atoms with Crippen LogP contribution in [0.5, 0.6) is 0 Å². The lowest BCUT2D eigenvalue weighted by Gasteiger charge is -2.42. The number of carbonyl (C=O) groups is 2. The number of nitrogens with zero attached hydrogens (tertiary/aromatic N) is 3. The molecule has 2 aliphatic rings. The number of amides is 2. The van der Waals surface area contributed by atoms with Crippen LogP contribution in [0.2, 0.25) is 0 Å². The first-order valence-corrected chi connectivity index (χ1v) is 12.2. The minimum absolute atomic E-state index is 0.102. The van der Waals surface area contributed by atoms with Crippen LogP contribution in [0.1, 0.15) is 52.4 Å². The number of thioether (sulfide) groups is 1. The lowest BCUT2D eigenvalue weighted by atomic mass is 9.85. The van der Waals surface area contributed by atoms with Crippen LogP contribution in [0.15, 0.2) is 4.34 Å². The van der Waals surface area contributed by atoms with Gasteiger partial charge in [-0.25, -0.2) is 4.79 Å². The number of hydrogen-bond acceptors (Lipinski definition) is 8. The van der Waals surface area contributed by atoms with Gasteiger partial charge in [-0.2, -0.15) is 0 Å². The van der Waals surface area contributed by atoms with Crippen LogP contribution in [-0.4, -0.2) is 64.8 Å². The van der Waals surface area contributed by atoms with Gasteiger partial charge in [-0.05, 0) is 51.4 Å². The third-order valence-electron chi connectivity index (χ3n) is 5.44. The van der Waals surface area contributed by atoms with Gasteiger partial charge in [-0.1, -0.05) is 30.0 Å². The smallest absolute Gasteiger partial charge is 0.324 e. The second-order valence-corrected chi connectivity index (χ2v) is 9.76. The van der Waals surface area contributed by atoms with Gasteiger partial charge < -0.3 is 14.4 Å². The maximum atomic E-state index is 13.2. The van der Waals surface area contributed by atoms with Gasteiger partial charge in [0.2, 0.25) is 5.13 Å². The largest absolute Gasteiger partial charge is 0.465 e. The van der Waals surface area contributed by atoms with Crippen molar-refractivity contribution in [1.29, 1.82) is 0 Å². The second kappa shape index (κ2) is 11.1. The van der Waals surface area contributed by atoms with Crippen LogP contribution >= 0.6 is 23.1 Å². The molecule has 29 heavy (non-hydrogen) atoms. The third kappa shape index (κ3) is 6.55. The molecule has 2 amide bonds. The van der Waals surface area contributed by atoms with Crippen molar-refractivity contribution >= 4 is 40.2 Å². The van der Waals surface area contributed by atoms with Crippen molar-refractivity contribution in [1.82, 2.24) is 15.1 Å². The molecule has 2 fully saturated rings. The third-order valence-corrected chi connectivity index (χ3v) is 7.38. The molecule has 3 rings (SSSR count). The minimum atomic E-state index is -0.282. The van der Waals surface area contributed by atoms with Crippen molar-refractivity contribution < 1.29 is 19.1 Å². The zero-order valence-electron chi connectivity index (χ0n) is 17.1. The highest BCUT2D eigenvalue weighted by atomic mass is 32.2. The Morgan fingerprint density at radius 3 is 2.55 bits per heavy atom. The normalized spacial score (nSPS) is 22.8.